The van der Waals surface area contributed by atoms with E-state index in [1.54, 1.807) is 37.3 Å². The van der Waals surface area contributed by atoms with E-state index in [0.29, 0.717) is 41.7 Å². The van der Waals surface area contributed by atoms with Gasteiger partial charge in [-0.3, -0.25) is 4.79 Å². The third-order valence-electron chi connectivity index (χ3n) is 4.07. The topological polar surface area (TPSA) is 86.5 Å². The fraction of sp³-hybridized carbons (Fsp3) is 0.211. The molecule has 1 aliphatic rings. The second-order valence-electron chi connectivity index (χ2n) is 6.02. The zero-order valence-electron chi connectivity index (χ0n) is 14.4. The number of nitrogens with one attached hydrogen (secondary N) is 1. The molecular weight excluding hydrogens is 353 g/mol. The summed E-state index contributed by atoms with van der Waals surface area (Å²) in [5, 5.41) is 6.68. The number of carbonyl (C=O) groups is 1. The largest absolute Gasteiger partial charge is 0.486 e. The van der Waals surface area contributed by atoms with Crippen molar-refractivity contribution in [3.8, 4) is 22.9 Å². The Morgan fingerprint density at radius 3 is 2.63 bits per heavy atom. The number of fused-ring (bicyclic) bond motifs is 1. The van der Waals surface area contributed by atoms with Crippen molar-refractivity contribution in [2.75, 3.05) is 13.2 Å². The molecule has 138 valence electrons. The van der Waals surface area contributed by atoms with E-state index in [1.165, 1.54) is 12.1 Å². The maximum absolute atomic E-state index is 13.0. The Kier molecular flexibility index (Phi) is 4.45. The minimum Gasteiger partial charge on any atom is -0.486 e. The maximum Gasteiger partial charge on any atom is 0.252 e. The quantitative estimate of drug-likeness (QED) is 0.760. The molecule has 0 saturated carbocycles. The molecule has 7 nitrogen and oxygen atoms in total. The lowest BCUT2D eigenvalue weighted by atomic mass is 10.1. The Morgan fingerprint density at radius 1 is 1.11 bits per heavy atom. The first-order valence-electron chi connectivity index (χ1n) is 8.40. The van der Waals surface area contributed by atoms with Crippen LogP contribution in [0.25, 0.3) is 11.4 Å². The SMILES string of the molecule is CC(NC(=O)c1ccc2c(c1)OCCO2)c1nc(-c2ccc(F)cc2)no1. The number of halogens is 1. The third kappa shape index (κ3) is 3.59. The van der Waals surface area contributed by atoms with Gasteiger partial charge < -0.3 is 19.3 Å². The van der Waals surface area contributed by atoms with Crippen LogP contribution in [-0.2, 0) is 0 Å². The van der Waals surface area contributed by atoms with Crippen LogP contribution in [0, 0.1) is 5.82 Å². The van der Waals surface area contributed by atoms with Crippen LogP contribution < -0.4 is 14.8 Å². The maximum atomic E-state index is 13.0. The highest BCUT2D eigenvalue weighted by molar-refractivity contribution is 5.95. The number of hydrogen-bond acceptors (Lipinski definition) is 6. The average molecular weight is 369 g/mol. The van der Waals surface area contributed by atoms with Gasteiger partial charge in [0.1, 0.15) is 25.1 Å². The smallest absolute Gasteiger partial charge is 0.252 e. The second-order valence-corrected chi connectivity index (χ2v) is 6.02. The molecule has 1 atom stereocenters. The fourth-order valence-corrected chi connectivity index (χ4v) is 2.65. The third-order valence-corrected chi connectivity index (χ3v) is 4.07. The van der Waals surface area contributed by atoms with Crippen LogP contribution in [0.15, 0.2) is 47.0 Å². The van der Waals surface area contributed by atoms with Crippen molar-refractivity contribution in [2.45, 2.75) is 13.0 Å². The predicted octanol–water partition coefficient (Wildman–Crippen LogP) is 3.14. The number of aromatic nitrogens is 2. The van der Waals surface area contributed by atoms with Crippen LogP contribution in [0.4, 0.5) is 4.39 Å². The van der Waals surface area contributed by atoms with Gasteiger partial charge in [-0.05, 0) is 49.4 Å². The number of rotatable bonds is 4. The molecule has 0 spiro atoms. The first-order valence-corrected chi connectivity index (χ1v) is 8.40. The molecule has 0 radical (unpaired) electrons. The van der Waals surface area contributed by atoms with E-state index in [-0.39, 0.29) is 17.6 Å². The van der Waals surface area contributed by atoms with Gasteiger partial charge in [-0.25, -0.2) is 4.39 Å². The molecule has 1 unspecified atom stereocenters. The van der Waals surface area contributed by atoms with Crippen molar-refractivity contribution in [3.63, 3.8) is 0 Å². The van der Waals surface area contributed by atoms with Crippen molar-refractivity contribution >= 4 is 5.91 Å². The summed E-state index contributed by atoms with van der Waals surface area (Å²) >= 11 is 0. The first-order chi connectivity index (χ1) is 13.1. The van der Waals surface area contributed by atoms with E-state index in [2.05, 4.69) is 15.5 Å². The first kappa shape index (κ1) is 17.0. The van der Waals surface area contributed by atoms with Crippen LogP contribution in [0.1, 0.15) is 29.2 Å². The highest BCUT2D eigenvalue weighted by atomic mass is 19.1. The van der Waals surface area contributed by atoms with Gasteiger partial charge in [-0.1, -0.05) is 5.16 Å². The number of carbonyl (C=O) groups excluding carboxylic acids is 1. The van der Waals surface area contributed by atoms with Gasteiger partial charge >= 0.3 is 0 Å². The molecule has 0 fully saturated rings. The number of benzene rings is 2. The van der Waals surface area contributed by atoms with Crippen LogP contribution in [0.5, 0.6) is 11.5 Å². The molecule has 0 saturated heterocycles. The number of hydrogen-bond donors (Lipinski definition) is 1. The lowest BCUT2D eigenvalue weighted by molar-refractivity contribution is 0.0931. The summed E-state index contributed by atoms with van der Waals surface area (Å²) in [6, 6.07) is 10.2. The Morgan fingerprint density at radius 2 is 1.85 bits per heavy atom. The summed E-state index contributed by atoms with van der Waals surface area (Å²) in [5.74, 6) is 1.08. The lowest BCUT2D eigenvalue weighted by Gasteiger charge is -2.19. The second kappa shape index (κ2) is 7.06. The fourth-order valence-electron chi connectivity index (χ4n) is 2.65. The molecule has 1 aromatic heterocycles. The molecule has 1 N–H and O–H groups in total. The number of amides is 1. The molecular formula is C19H16FN3O4. The Labute approximate surface area is 154 Å². The van der Waals surface area contributed by atoms with Crippen LogP contribution in [0.2, 0.25) is 0 Å². The Hall–Kier alpha value is -3.42. The van der Waals surface area contributed by atoms with Gasteiger partial charge in [0.05, 0.1) is 0 Å². The molecule has 1 aliphatic heterocycles. The van der Waals surface area contributed by atoms with Crippen molar-refractivity contribution in [2.24, 2.45) is 0 Å². The van der Waals surface area contributed by atoms with E-state index in [1.807, 2.05) is 0 Å². The van der Waals surface area contributed by atoms with E-state index in [4.69, 9.17) is 14.0 Å². The Bertz CT molecular complexity index is 971. The van der Waals surface area contributed by atoms with Gasteiger partial charge in [0.15, 0.2) is 11.5 Å². The van der Waals surface area contributed by atoms with Crippen molar-refractivity contribution in [1.29, 1.82) is 0 Å². The molecule has 8 heteroatoms. The highest BCUT2D eigenvalue weighted by Crippen LogP contribution is 2.31. The van der Waals surface area contributed by atoms with Crippen LogP contribution in [-0.4, -0.2) is 29.3 Å². The van der Waals surface area contributed by atoms with Gasteiger partial charge in [0.25, 0.3) is 5.91 Å². The van der Waals surface area contributed by atoms with E-state index < -0.39 is 6.04 Å². The molecule has 2 heterocycles. The molecule has 1 amide bonds. The van der Waals surface area contributed by atoms with Crippen LogP contribution >= 0.6 is 0 Å². The van der Waals surface area contributed by atoms with E-state index in [9.17, 15) is 9.18 Å². The summed E-state index contributed by atoms with van der Waals surface area (Å²) in [6.07, 6.45) is 0. The standard InChI is InChI=1S/C19H16FN3O4/c1-11(19-22-17(23-27-19)12-2-5-14(20)6-3-12)21-18(24)13-4-7-15-16(10-13)26-9-8-25-15/h2-7,10-11H,8-9H2,1H3,(H,21,24). The monoisotopic (exact) mass is 369 g/mol. The Balaban J connectivity index is 1.46. The summed E-state index contributed by atoms with van der Waals surface area (Å²) in [7, 11) is 0. The number of nitrogens with zero attached hydrogens (tertiary/aromatic N) is 2. The van der Waals surface area contributed by atoms with Crippen molar-refractivity contribution in [3.05, 3.63) is 59.7 Å². The average Bonchev–Trinajstić information content (AvgIpc) is 3.18. The zero-order chi connectivity index (χ0) is 18.8. The highest BCUT2D eigenvalue weighted by Gasteiger charge is 2.20. The van der Waals surface area contributed by atoms with Crippen LogP contribution in [0.3, 0.4) is 0 Å². The zero-order valence-corrected chi connectivity index (χ0v) is 14.4. The summed E-state index contributed by atoms with van der Waals surface area (Å²) in [6.45, 7) is 2.67. The molecule has 27 heavy (non-hydrogen) atoms. The van der Waals surface area contributed by atoms with Gasteiger partial charge in [0, 0.05) is 11.1 Å². The van der Waals surface area contributed by atoms with E-state index >= 15 is 0 Å². The number of ether oxygens (including phenoxy) is 2. The van der Waals surface area contributed by atoms with Gasteiger partial charge in [-0.15, -0.1) is 0 Å². The van der Waals surface area contributed by atoms with E-state index in [0.717, 1.165) is 0 Å². The molecule has 0 bridgehead atoms. The minimum atomic E-state index is -0.507. The molecule has 4 rings (SSSR count). The van der Waals surface area contributed by atoms with Gasteiger partial charge in [-0.2, -0.15) is 4.98 Å². The van der Waals surface area contributed by atoms with Crippen molar-refractivity contribution in [1.82, 2.24) is 15.5 Å². The predicted molar refractivity (Wildman–Crippen MR) is 93.0 cm³/mol. The normalized spacial score (nSPS) is 13.9. The molecule has 3 aromatic rings. The molecule has 2 aromatic carbocycles. The van der Waals surface area contributed by atoms with Crippen molar-refractivity contribution < 1.29 is 23.2 Å². The van der Waals surface area contributed by atoms with Gasteiger partial charge in [0.2, 0.25) is 11.7 Å². The lowest BCUT2D eigenvalue weighted by Crippen LogP contribution is -2.27. The summed E-state index contributed by atoms with van der Waals surface area (Å²) in [4.78, 5) is 16.8. The molecule has 0 aliphatic carbocycles. The summed E-state index contributed by atoms with van der Waals surface area (Å²) in [5.41, 5.74) is 1.06. The summed E-state index contributed by atoms with van der Waals surface area (Å²) < 4.78 is 29.2. The minimum absolute atomic E-state index is 0.250.